The number of aromatic nitrogens is 1. The highest BCUT2D eigenvalue weighted by Gasteiger charge is 2.24. The van der Waals surface area contributed by atoms with Crippen molar-refractivity contribution in [3.63, 3.8) is 0 Å². The molecule has 198 valence electrons. The Labute approximate surface area is 233 Å². The van der Waals surface area contributed by atoms with Gasteiger partial charge in [-0.15, -0.1) is 11.3 Å². The number of halogens is 2. The number of pyridine rings is 1. The molecule has 4 rings (SSSR count). The maximum Gasteiger partial charge on any atom is 0.348 e. The fourth-order valence-corrected chi connectivity index (χ4v) is 5.15. The van der Waals surface area contributed by atoms with E-state index in [1.165, 1.54) is 36.6 Å². The number of nitrogens with one attached hydrogen (secondary N) is 2. The third kappa shape index (κ3) is 6.24. The molecule has 8 nitrogen and oxygen atoms in total. The molecule has 0 radical (unpaired) electrons. The predicted molar refractivity (Wildman–Crippen MR) is 146 cm³/mol. The van der Waals surface area contributed by atoms with E-state index in [9.17, 15) is 15.0 Å². The van der Waals surface area contributed by atoms with Crippen molar-refractivity contribution < 1.29 is 34.2 Å². The van der Waals surface area contributed by atoms with Gasteiger partial charge in [-0.05, 0) is 42.0 Å². The van der Waals surface area contributed by atoms with Gasteiger partial charge >= 0.3 is 5.97 Å². The molecule has 38 heavy (non-hydrogen) atoms. The van der Waals surface area contributed by atoms with Crippen molar-refractivity contribution in [3.8, 4) is 23.0 Å². The van der Waals surface area contributed by atoms with Gasteiger partial charge in [-0.2, -0.15) is 0 Å². The van der Waals surface area contributed by atoms with Gasteiger partial charge in [-0.25, -0.2) is 9.78 Å². The van der Waals surface area contributed by atoms with E-state index in [1.807, 2.05) is 0 Å². The van der Waals surface area contributed by atoms with Gasteiger partial charge in [-0.3, -0.25) is 0 Å². The molecule has 0 unspecified atom stereocenters. The number of hydrogen-bond acceptors (Lipinski definition) is 8. The first-order chi connectivity index (χ1) is 18.3. The average molecular weight is 576 g/mol. The maximum absolute atomic E-state index is 13.2. The summed E-state index contributed by atoms with van der Waals surface area (Å²) in [6, 6.07) is 13.2. The molecule has 0 spiro atoms. The van der Waals surface area contributed by atoms with Crippen LogP contribution < -0.4 is 19.8 Å². The summed E-state index contributed by atoms with van der Waals surface area (Å²) in [6.07, 6.45) is 2.70. The fraction of sp³-hybridized carbons (Fsp3) is 0.185. The highest BCUT2D eigenvalue weighted by atomic mass is 35.5. The van der Waals surface area contributed by atoms with E-state index in [4.69, 9.17) is 37.4 Å². The summed E-state index contributed by atoms with van der Waals surface area (Å²) in [4.78, 5) is 17.3. The number of para-hydroxylation sites is 1. The van der Waals surface area contributed by atoms with Gasteiger partial charge in [0.1, 0.15) is 38.2 Å². The molecule has 0 saturated heterocycles. The lowest BCUT2D eigenvalue weighted by Crippen LogP contribution is -2.15. The Balaban J connectivity index is 1.56. The number of carbonyl (C=O) groups excluding carboxylic acids is 1. The molecule has 0 fully saturated rings. The molecule has 2 aromatic heterocycles. The molecule has 0 amide bonds. The fourth-order valence-electron chi connectivity index (χ4n) is 3.79. The van der Waals surface area contributed by atoms with Gasteiger partial charge in [0, 0.05) is 23.4 Å². The summed E-state index contributed by atoms with van der Waals surface area (Å²) in [5.41, 5.74) is 1.51. The second kappa shape index (κ2) is 12.3. The molecule has 0 saturated carbocycles. The van der Waals surface area contributed by atoms with Crippen molar-refractivity contribution in [2.24, 2.45) is 0 Å². The largest absolute Gasteiger partial charge is 0.506 e. The molecular formula is C27H25Cl2N2O6S+. The van der Waals surface area contributed by atoms with Crippen molar-refractivity contribution in [1.29, 1.82) is 0 Å². The van der Waals surface area contributed by atoms with E-state index >= 15 is 0 Å². The van der Waals surface area contributed by atoms with Crippen molar-refractivity contribution in [2.45, 2.75) is 19.1 Å². The number of thiophene rings is 1. The van der Waals surface area contributed by atoms with E-state index in [0.717, 1.165) is 4.88 Å². The molecule has 0 aliphatic rings. The smallest absolute Gasteiger partial charge is 0.348 e. The number of phenolic OH excluding ortho intramolecular Hbond substituents is 2. The second-order valence-electron chi connectivity index (χ2n) is 8.13. The normalized spacial score (nSPS) is 11.6. The minimum atomic E-state index is -0.735. The molecular weight excluding hydrogens is 551 g/mol. The Morgan fingerprint density at radius 1 is 1.00 bits per heavy atom. The summed E-state index contributed by atoms with van der Waals surface area (Å²) in [7, 11) is 3.07. The van der Waals surface area contributed by atoms with Gasteiger partial charge in [-0.1, -0.05) is 35.3 Å². The Morgan fingerprint density at radius 3 is 2.34 bits per heavy atom. The van der Waals surface area contributed by atoms with Gasteiger partial charge in [0.2, 0.25) is 0 Å². The predicted octanol–water partition coefficient (Wildman–Crippen LogP) is 6.05. The Hall–Kier alpha value is -3.66. The molecule has 4 N–H and O–H groups in total. The Kier molecular flexibility index (Phi) is 8.83. The average Bonchev–Trinajstić information content (AvgIpc) is 3.38. The van der Waals surface area contributed by atoms with Crippen LogP contribution in [0, 0.1) is 0 Å². The summed E-state index contributed by atoms with van der Waals surface area (Å²) >= 11 is 14.0. The number of esters is 1. The Bertz CT molecular complexity index is 1400. The van der Waals surface area contributed by atoms with E-state index in [-0.39, 0.29) is 30.2 Å². The number of aromatic amines is 1. The number of methoxy groups -OCH3 is 2. The van der Waals surface area contributed by atoms with Crippen LogP contribution in [-0.4, -0.2) is 30.4 Å². The summed E-state index contributed by atoms with van der Waals surface area (Å²) in [5.74, 6) is 0.352. The lowest BCUT2D eigenvalue weighted by Gasteiger charge is -2.20. The zero-order chi connectivity index (χ0) is 27.2. The lowest BCUT2D eigenvalue weighted by molar-refractivity contribution is -0.377. The van der Waals surface area contributed by atoms with Crippen LogP contribution in [0.3, 0.4) is 0 Å². The first-order valence-electron chi connectivity index (χ1n) is 11.4. The highest BCUT2D eigenvalue weighted by molar-refractivity contribution is 7.13. The number of benzene rings is 2. The van der Waals surface area contributed by atoms with Gasteiger partial charge in [0.05, 0.1) is 14.2 Å². The van der Waals surface area contributed by atoms with Crippen LogP contribution in [-0.2, 0) is 17.7 Å². The first kappa shape index (κ1) is 27.4. The SMILES string of the molecule is COc1ccc([C@H](Cc2c(Cl)c[nH+]cc2Cl)OC(=O)c2ccc(CNc3c(O)cccc3O)s2)cc1OC. The number of H-pyrrole nitrogens is 1. The van der Waals surface area contributed by atoms with Crippen LogP contribution in [0.5, 0.6) is 23.0 Å². The first-order valence-corrected chi connectivity index (χ1v) is 13.0. The third-order valence-corrected chi connectivity index (χ3v) is 7.48. The number of anilines is 1. The van der Waals surface area contributed by atoms with E-state index < -0.39 is 12.1 Å². The standard InChI is InChI=1S/C27H24Cl2N2O6S/c1-35-22-8-6-15(10-24(22)36-2)23(11-17-18(28)13-30-14-19(17)29)37-27(34)25-9-7-16(38-25)12-31-26-20(32)4-3-5-21(26)33/h3-10,13-14,23,31-33H,11-12H2,1-2H3/p+1/t23-/m0/s1. The van der Waals surface area contributed by atoms with Crippen LogP contribution in [0.25, 0.3) is 0 Å². The number of ether oxygens (including phenoxy) is 3. The van der Waals surface area contributed by atoms with Crippen LogP contribution in [0.1, 0.15) is 31.8 Å². The van der Waals surface area contributed by atoms with E-state index in [2.05, 4.69) is 10.3 Å². The van der Waals surface area contributed by atoms with Crippen molar-refractivity contribution in [1.82, 2.24) is 0 Å². The number of hydrogen-bond donors (Lipinski definition) is 3. The zero-order valence-corrected chi connectivity index (χ0v) is 22.8. The van der Waals surface area contributed by atoms with E-state index in [0.29, 0.717) is 37.5 Å². The van der Waals surface area contributed by atoms with Crippen molar-refractivity contribution >= 4 is 46.2 Å². The zero-order valence-electron chi connectivity index (χ0n) is 20.5. The molecule has 0 aliphatic heterocycles. The number of phenols is 2. The molecule has 0 bridgehead atoms. The minimum Gasteiger partial charge on any atom is -0.506 e. The number of carbonyl (C=O) groups is 1. The maximum atomic E-state index is 13.2. The second-order valence-corrected chi connectivity index (χ2v) is 10.1. The molecule has 0 aliphatic carbocycles. The summed E-state index contributed by atoms with van der Waals surface area (Å²) in [5, 5.41) is 23.8. The monoisotopic (exact) mass is 575 g/mol. The van der Waals surface area contributed by atoms with Crippen LogP contribution in [0.15, 0.2) is 60.9 Å². The Morgan fingerprint density at radius 2 is 1.68 bits per heavy atom. The van der Waals surface area contributed by atoms with Crippen molar-refractivity contribution in [3.05, 3.63) is 91.9 Å². The molecule has 2 aromatic carbocycles. The molecule has 4 aromatic rings. The highest BCUT2D eigenvalue weighted by Crippen LogP contribution is 2.36. The number of rotatable bonds is 10. The third-order valence-electron chi connectivity index (χ3n) is 5.74. The van der Waals surface area contributed by atoms with Crippen LogP contribution in [0.4, 0.5) is 5.69 Å². The van der Waals surface area contributed by atoms with Gasteiger partial charge < -0.3 is 29.7 Å². The van der Waals surface area contributed by atoms with E-state index in [1.54, 1.807) is 49.8 Å². The topological polar surface area (TPSA) is 111 Å². The van der Waals surface area contributed by atoms with Gasteiger partial charge in [0.25, 0.3) is 0 Å². The quantitative estimate of drug-likeness (QED) is 0.156. The lowest BCUT2D eigenvalue weighted by atomic mass is 10.0. The summed E-state index contributed by atoms with van der Waals surface area (Å²) in [6.45, 7) is 0.286. The number of aromatic hydroxyl groups is 2. The van der Waals surface area contributed by atoms with Crippen LogP contribution in [0.2, 0.25) is 10.0 Å². The minimum absolute atomic E-state index is 0.0743. The van der Waals surface area contributed by atoms with Gasteiger partial charge in [0.15, 0.2) is 23.9 Å². The molecule has 11 heteroatoms. The van der Waals surface area contributed by atoms with Crippen LogP contribution >= 0.6 is 34.5 Å². The molecule has 1 atom stereocenters. The van der Waals surface area contributed by atoms with Crippen molar-refractivity contribution in [2.75, 3.05) is 19.5 Å². The summed E-state index contributed by atoms with van der Waals surface area (Å²) < 4.78 is 16.7. The molecule has 2 heterocycles.